The minimum atomic E-state index is -0.495. The van der Waals surface area contributed by atoms with E-state index in [0.717, 1.165) is 45.3 Å². The Labute approximate surface area is 217 Å². The van der Waals surface area contributed by atoms with Crippen molar-refractivity contribution in [2.75, 3.05) is 55.8 Å². The molecular weight excluding hydrogens is 472 g/mol. The molecule has 3 amide bonds. The lowest BCUT2D eigenvalue weighted by Gasteiger charge is -2.37. The fourth-order valence-electron chi connectivity index (χ4n) is 4.91. The number of aromatic nitrogens is 3. The molecule has 2 aliphatic heterocycles. The van der Waals surface area contributed by atoms with Gasteiger partial charge in [0.15, 0.2) is 0 Å². The van der Waals surface area contributed by atoms with Gasteiger partial charge in [-0.05, 0) is 69.2 Å². The number of nitrogens with zero attached hydrogens (tertiary/aromatic N) is 6. The molecule has 2 saturated heterocycles. The van der Waals surface area contributed by atoms with E-state index in [1.165, 1.54) is 18.4 Å². The largest absolute Gasteiger partial charge is 0.446 e. The first-order valence-corrected chi connectivity index (χ1v) is 13.2. The number of likely N-dealkylation sites (tertiary alicyclic amines) is 1. The molecule has 5 rings (SSSR count). The summed E-state index contributed by atoms with van der Waals surface area (Å²) < 4.78 is 5.57. The summed E-state index contributed by atoms with van der Waals surface area (Å²) in [7, 11) is 3.87. The van der Waals surface area contributed by atoms with E-state index in [2.05, 4.69) is 37.5 Å². The van der Waals surface area contributed by atoms with Gasteiger partial charge in [-0.3, -0.25) is 10.6 Å². The van der Waals surface area contributed by atoms with Gasteiger partial charge < -0.3 is 19.4 Å². The fraction of sp³-hybridized carbons (Fsp3) is 0.577. The number of carbonyl (C=O) groups is 2. The maximum absolute atomic E-state index is 12.9. The highest BCUT2D eigenvalue weighted by molar-refractivity contribution is 5.88. The van der Waals surface area contributed by atoms with Gasteiger partial charge in [0.25, 0.3) is 0 Å². The number of carbonyl (C=O) groups excluding carboxylic acids is 2. The van der Waals surface area contributed by atoms with Crippen molar-refractivity contribution in [3.63, 3.8) is 0 Å². The lowest BCUT2D eigenvalue weighted by Crippen LogP contribution is -2.50. The van der Waals surface area contributed by atoms with Crippen molar-refractivity contribution in [1.29, 1.82) is 0 Å². The van der Waals surface area contributed by atoms with Crippen molar-refractivity contribution in [3.8, 4) is 0 Å². The van der Waals surface area contributed by atoms with Gasteiger partial charge in [0.2, 0.25) is 5.95 Å². The lowest BCUT2D eigenvalue weighted by atomic mass is 10.1. The van der Waals surface area contributed by atoms with Crippen LogP contribution in [0.25, 0.3) is 0 Å². The van der Waals surface area contributed by atoms with E-state index in [9.17, 15) is 9.59 Å². The normalized spacial score (nSPS) is 20.8. The first-order valence-electron chi connectivity index (χ1n) is 13.2. The number of nitrogens with one attached hydrogen (secondary N) is 2. The summed E-state index contributed by atoms with van der Waals surface area (Å²) in [6.07, 6.45) is 8.81. The van der Waals surface area contributed by atoms with E-state index in [1.807, 2.05) is 23.2 Å². The molecule has 4 heterocycles. The monoisotopic (exact) mass is 508 g/mol. The Morgan fingerprint density at radius 2 is 1.81 bits per heavy atom. The van der Waals surface area contributed by atoms with Crippen molar-refractivity contribution in [3.05, 3.63) is 36.2 Å². The van der Waals surface area contributed by atoms with Crippen LogP contribution in [0.5, 0.6) is 0 Å². The number of rotatable bonds is 6. The third-order valence-electron chi connectivity index (χ3n) is 7.43. The molecule has 1 atom stereocenters. The van der Waals surface area contributed by atoms with E-state index >= 15 is 0 Å². The standard InChI is InChI=1S/C26H36N8O3/c1-32-14-10-21(11-15-32)37-26(36)31-23-9-12-27-24(29-23)34-13-3-4-20(17-34)33(2)25(35)30-22-8-7-19(16-28-22)18-5-6-18/h7-9,12,16,18,20-21H,3-6,10-11,13-15,17H2,1-2H3,(H,28,30,35)(H,27,29,31,36)/t20-/m1/s1. The van der Waals surface area contributed by atoms with Crippen LogP contribution in [0.1, 0.15) is 50.0 Å². The minimum Gasteiger partial charge on any atom is -0.446 e. The Morgan fingerprint density at radius 1 is 1.00 bits per heavy atom. The van der Waals surface area contributed by atoms with E-state index in [-0.39, 0.29) is 18.2 Å². The fourth-order valence-corrected chi connectivity index (χ4v) is 4.91. The summed E-state index contributed by atoms with van der Waals surface area (Å²) in [5, 5.41) is 5.65. The van der Waals surface area contributed by atoms with Crippen molar-refractivity contribution in [2.24, 2.45) is 0 Å². The molecule has 3 aliphatic rings. The van der Waals surface area contributed by atoms with Crippen LogP contribution in [0.4, 0.5) is 27.2 Å². The summed E-state index contributed by atoms with van der Waals surface area (Å²) in [5.41, 5.74) is 1.24. The van der Waals surface area contributed by atoms with Gasteiger partial charge in [0, 0.05) is 45.6 Å². The Balaban J connectivity index is 1.14. The number of likely N-dealkylation sites (N-methyl/N-ethyl adjacent to an activating group) is 1. The van der Waals surface area contributed by atoms with Crippen LogP contribution >= 0.6 is 0 Å². The third-order valence-corrected chi connectivity index (χ3v) is 7.43. The van der Waals surface area contributed by atoms with Crippen LogP contribution in [0.3, 0.4) is 0 Å². The second kappa shape index (κ2) is 11.3. The van der Waals surface area contributed by atoms with Gasteiger partial charge in [0.05, 0.1) is 6.04 Å². The summed E-state index contributed by atoms with van der Waals surface area (Å²) in [6, 6.07) is 5.38. The van der Waals surface area contributed by atoms with Gasteiger partial charge >= 0.3 is 12.1 Å². The van der Waals surface area contributed by atoms with Crippen LogP contribution < -0.4 is 15.5 Å². The zero-order valence-corrected chi connectivity index (χ0v) is 21.6. The van der Waals surface area contributed by atoms with E-state index in [1.54, 1.807) is 24.2 Å². The quantitative estimate of drug-likeness (QED) is 0.609. The average Bonchev–Trinajstić information content (AvgIpc) is 3.76. The lowest BCUT2D eigenvalue weighted by molar-refractivity contribution is 0.0661. The highest BCUT2D eigenvalue weighted by Crippen LogP contribution is 2.39. The van der Waals surface area contributed by atoms with Gasteiger partial charge in [-0.2, -0.15) is 4.98 Å². The number of amides is 3. The first kappa shape index (κ1) is 25.2. The highest BCUT2D eigenvalue weighted by atomic mass is 16.6. The van der Waals surface area contributed by atoms with Gasteiger partial charge in [-0.1, -0.05) is 6.07 Å². The minimum absolute atomic E-state index is 0.00546. The van der Waals surface area contributed by atoms with Gasteiger partial charge in [-0.25, -0.2) is 19.6 Å². The zero-order valence-electron chi connectivity index (χ0n) is 21.6. The van der Waals surface area contributed by atoms with Gasteiger partial charge in [-0.15, -0.1) is 0 Å². The number of ether oxygens (including phenoxy) is 1. The summed E-state index contributed by atoms with van der Waals surface area (Å²) >= 11 is 0. The molecule has 11 nitrogen and oxygen atoms in total. The molecule has 0 unspecified atom stereocenters. The first-order chi connectivity index (χ1) is 17.9. The second-order valence-corrected chi connectivity index (χ2v) is 10.3. The summed E-state index contributed by atoms with van der Waals surface area (Å²) in [5.74, 6) is 2.11. The van der Waals surface area contributed by atoms with Crippen molar-refractivity contribution >= 4 is 29.7 Å². The average molecular weight is 509 g/mol. The van der Waals surface area contributed by atoms with Crippen molar-refractivity contribution in [2.45, 2.75) is 56.6 Å². The molecule has 0 radical (unpaired) electrons. The van der Waals surface area contributed by atoms with Crippen LogP contribution in [-0.2, 0) is 4.74 Å². The number of piperidine rings is 2. The van der Waals surface area contributed by atoms with Crippen LogP contribution in [0.15, 0.2) is 30.6 Å². The summed E-state index contributed by atoms with van der Waals surface area (Å²) in [4.78, 5) is 44.7. The predicted octanol–water partition coefficient (Wildman–Crippen LogP) is 3.52. The topological polar surface area (TPSA) is 116 Å². The zero-order chi connectivity index (χ0) is 25.8. The Kier molecular flexibility index (Phi) is 7.68. The van der Waals surface area contributed by atoms with Crippen molar-refractivity contribution < 1.29 is 14.3 Å². The molecule has 1 aliphatic carbocycles. The van der Waals surface area contributed by atoms with E-state index in [4.69, 9.17) is 4.74 Å². The number of urea groups is 1. The number of hydrogen-bond donors (Lipinski definition) is 2. The second-order valence-electron chi connectivity index (χ2n) is 10.3. The Bertz CT molecular complexity index is 1090. The SMILES string of the molecule is CN1CCC(OC(=O)Nc2ccnc(N3CCC[C@@H](N(C)C(=O)Nc4ccc(C5CC5)cn4)C3)n2)CC1. The molecule has 0 aromatic carbocycles. The van der Waals surface area contributed by atoms with Crippen molar-refractivity contribution in [1.82, 2.24) is 24.8 Å². The molecule has 3 fully saturated rings. The molecule has 198 valence electrons. The smallest absolute Gasteiger partial charge is 0.413 e. The molecule has 0 bridgehead atoms. The number of anilines is 3. The van der Waals surface area contributed by atoms with Crippen LogP contribution in [-0.4, -0.2) is 89.3 Å². The van der Waals surface area contributed by atoms with Gasteiger partial charge in [0.1, 0.15) is 17.7 Å². The molecule has 0 spiro atoms. The molecule has 2 N–H and O–H groups in total. The van der Waals surface area contributed by atoms with E-state index < -0.39 is 6.09 Å². The summed E-state index contributed by atoms with van der Waals surface area (Å²) in [6.45, 7) is 3.21. The van der Waals surface area contributed by atoms with Crippen LogP contribution in [0.2, 0.25) is 0 Å². The molecule has 1 saturated carbocycles. The predicted molar refractivity (Wildman–Crippen MR) is 141 cm³/mol. The number of pyridine rings is 1. The van der Waals surface area contributed by atoms with E-state index in [0.29, 0.717) is 30.0 Å². The molecule has 11 heteroatoms. The Morgan fingerprint density at radius 3 is 2.54 bits per heavy atom. The molecule has 2 aromatic heterocycles. The highest BCUT2D eigenvalue weighted by Gasteiger charge is 2.28. The number of hydrogen-bond acceptors (Lipinski definition) is 8. The maximum atomic E-state index is 12.9. The molecular formula is C26H36N8O3. The third kappa shape index (κ3) is 6.65. The molecule has 37 heavy (non-hydrogen) atoms. The Hall–Kier alpha value is -3.47. The van der Waals surface area contributed by atoms with Crippen LogP contribution in [0, 0.1) is 0 Å². The molecule has 2 aromatic rings. The maximum Gasteiger partial charge on any atom is 0.413 e.